The van der Waals surface area contributed by atoms with Gasteiger partial charge in [-0.05, 0) is 32.9 Å². The van der Waals surface area contributed by atoms with Gasteiger partial charge in [0.05, 0.1) is 11.4 Å². The maximum atomic E-state index is 12.4. The van der Waals surface area contributed by atoms with E-state index in [2.05, 4.69) is 58.6 Å². The van der Waals surface area contributed by atoms with Gasteiger partial charge in [-0.25, -0.2) is 4.98 Å². The van der Waals surface area contributed by atoms with Crippen molar-refractivity contribution in [2.75, 3.05) is 11.1 Å². The number of thiazole rings is 1. The Labute approximate surface area is 183 Å². The minimum absolute atomic E-state index is 0.121. The van der Waals surface area contributed by atoms with E-state index in [0.717, 1.165) is 22.8 Å². The number of nitrogens with zero attached hydrogens (tertiary/aromatic N) is 4. The van der Waals surface area contributed by atoms with E-state index in [1.54, 1.807) is 0 Å². The van der Waals surface area contributed by atoms with Gasteiger partial charge in [0, 0.05) is 16.6 Å². The standard InChI is InChI=1S/C22H21N5OS2/c1-14-4-8-17(9-5-14)20-25-26-22(27(20)18-10-6-15(2)7-11-18)30-13-19(28)24-21-23-16(3)12-29-21/h4-12H,13H2,1-3H3,(H,23,24,28). The van der Waals surface area contributed by atoms with Crippen molar-refractivity contribution in [2.45, 2.75) is 25.9 Å². The average molecular weight is 436 g/mol. The van der Waals surface area contributed by atoms with E-state index in [0.29, 0.717) is 10.3 Å². The maximum Gasteiger partial charge on any atom is 0.236 e. The number of hydrogen-bond donors (Lipinski definition) is 1. The summed E-state index contributed by atoms with van der Waals surface area (Å²) in [6.07, 6.45) is 0. The fourth-order valence-electron chi connectivity index (χ4n) is 2.88. The molecule has 30 heavy (non-hydrogen) atoms. The Morgan fingerprint density at radius 2 is 1.67 bits per heavy atom. The van der Waals surface area contributed by atoms with Gasteiger partial charge < -0.3 is 5.32 Å². The minimum atomic E-state index is -0.121. The fraction of sp³-hybridized carbons (Fsp3) is 0.182. The lowest BCUT2D eigenvalue weighted by Crippen LogP contribution is -2.14. The predicted molar refractivity (Wildman–Crippen MR) is 122 cm³/mol. The van der Waals surface area contributed by atoms with Crippen LogP contribution in [0.2, 0.25) is 0 Å². The number of aromatic nitrogens is 4. The molecule has 0 bridgehead atoms. The van der Waals surface area contributed by atoms with Crippen molar-refractivity contribution in [3.05, 3.63) is 70.7 Å². The molecule has 0 aliphatic rings. The number of carbonyl (C=O) groups is 1. The van der Waals surface area contributed by atoms with E-state index < -0.39 is 0 Å². The molecule has 4 aromatic rings. The number of carbonyl (C=O) groups excluding carboxylic acids is 1. The normalized spacial score (nSPS) is 10.9. The highest BCUT2D eigenvalue weighted by Gasteiger charge is 2.17. The summed E-state index contributed by atoms with van der Waals surface area (Å²) in [6, 6.07) is 16.4. The van der Waals surface area contributed by atoms with E-state index in [1.807, 2.05) is 41.1 Å². The number of hydrogen-bond acceptors (Lipinski definition) is 6. The summed E-state index contributed by atoms with van der Waals surface area (Å²) >= 11 is 2.77. The molecule has 2 heterocycles. The van der Waals surface area contributed by atoms with E-state index in [-0.39, 0.29) is 11.7 Å². The average Bonchev–Trinajstić information content (AvgIpc) is 3.34. The van der Waals surface area contributed by atoms with Crippen molar-refractivity contribution < 1.29 is 4.79 Å². The van der Waals surface area contributed by atoms with Crippen molar-refractivity contribution in [3.8, 4) is 17.1 Å². The molecular formula is C22H21N5OS2. The topological polar surface area (TPSA) is 72.7 Å². The largest absolute Gasteiger partial charge is 0.301 e. The maximum absolute atomic E-state index is 12.4. The van der Waals surface area contributed by atoms with Crippen LogP contribution in [0, 0.1) is 20.8 Å². The molecule has 2 aromatic heterocycles. The first kappa shape index (κ1) is 20.3. The third-order valence-corrected chi connectivity index (χ3v) is 6.24. The van der Waals surface area contributed by atoms with Gasteiger partial charge in [0.1, 0.15) is 0 Å². The summed E-state index contributed by atoms with van der Waals surface area (Å²) in [5, 5.41) is 14.8. The van der Waals surface area contributed by atoms with E-state index in [4.69, 9.17) is 0 Å². The van der Waals surface area contributed by atoms with Gasteiger partial charge in [-0.2, -0.15) is 0 Å². The smallest absolute Gasteiger partial charge is 0.236 e. The van der Waals surface area contributed by atoms with Crippen LogP contribution in [0.25, 0.3) is 17.1 Å². The first-order valence-corrected chi connectivity index (χ1v) is 11.3. The summed E-state index contributed by atoms with van der Waals surface area (Å²) < 4.78 is 2.00. The molecule has 0 aliphatic carbocycles. The summed E-state index contributed by atoms with van der Waals surface area (Å²) in [5.74, 6) is 0.846. The molecule has 0 spiro atoms. The Kier molecular flexibility index (Phi) is 5.96. The van der Waals surface area contributed by atoms with Gasteiger partial charge in [-0.3, -0.25) is 9.36 Å². The summed E-state index contributed by atoms with van der Waals surface area (Å²) in [4.78, 5) is 16.7. The lowest BCUT2D eigenvalue weighted by atomic mass is 10.1. The summed E-state index contributed by atoms with van der Waals surface area (Å²) in [5.41, 5.74) is 5.19. The van der Waals surface area contributed by atoms with Crippen LogP contribution < -0.4 is 5.32 Å². The number of nitrogens with one attached hydrogen (secondary N) is 1. The van der Waals surface area contributed by atoms with Crippen LogP contribution in [0.3, 0.4) is 0 Å². The molecule has 1 N–H and O–H groups in total. The van der Waals surface area contributed by atoms with Crippen LogP contribution in [0.5, 0.6) is 0 Å². The molecule has 0 saturated heterocycles. The molecule has 0 fully saturated rings. The lowest BCUT2D eigenvalue weighted by molar-refractivity contribution is -0.113. The zero-order valence-electron chi connectivity index (χ0n) is 16.9. The molecule has 8 heteroatoms. The Hall–Kier alpha value is -2.97. The molecule has 0 atom stereocenters. The third-order valence-electron chi connectivity index (χ3n) is 4.43. The third kappa shape index (κ3) is 4.60. The van der Waals surface area contributed by atoms with Crippen LogP contribution in [0.1, 0.15) is 16.8 Å². The quantitative estimate of drug-likeness (QED) is 0.429. The highest BCUT2D eigenvalue weighted by atomic mass is 32.2. The van der Waals surface area contributed by atoms with Crippen LogP contribution in [-0.4, -0.2) is 31.4 Å². The first-order valence-electron chi connectivity index (χ1n) is 9.44. The van der Waals surface area contributed by atoms with E-state index >= 15 is 0 Å². The number of anilines is 1. The van der Waals surface area contributed by atoms with Crippen molar-refractivity contribution in [3.63, 3.8) is 0 Å². The monoisotopic (exact) mass is 435 g/mol. The summed E-state index contributed by atoms with van der Waals surface area (Å²) in [7, 11) is 0. The van der Waals surface area contributed by atoms with E-state index in [1.165, 1.54) is 34.2 Å². The van der Waals surface area contributed by atoms with E-state index in [9.17, 15) is 4.79 Å². The number of thioether (sulfide) groups is 1. The highest BCUT2D eigenvalue weighted by Crippen LogP contribution is 2.28. The van der Waals surface area contributed by atoms with Gasteiger partial charge in [0.25, 0.3) is 0 Å². The van der Waals surface area contributed by atoms with Gasteiger partial charge in [-0.1, -0.05) is 59.3 Å². The molecule has 152 valence electrons. The molecule has 0 radical (unpaired) electrons. The molecule has 0 saturated carbocycles. The molecular weight excluding hydrogens is 414 g/mol. The molecule has 0 aliphatic heterocycles. The number of amides is 1. The van der Waals surface area contributed by atoms with Crippen LogP contribution in [0.15, 0.2) is 59.1 Å². The van der Waals surface area contributed by atoms with Gasteiger partial charge >= 0.3 is 0 Å². The van der Waals surface area contributed by atoms with Crippen LogP contribution in [-0.2, 0) is 4.79 Å². The second-order valence-corrected chi connectivity index (χ2v) is 8.77. The Morgan fingerprint density at radius 3 is 2.30 bits per heavy atom. The fourth-order valence-corrected chi connectivity index (χ4v) is 4.33. The Balaban J connectivity index is 1.61. The Bertz CT molecular complexity index is 1160. The van der Waals surface area contributed by atoms with Crippen molar-refractivity contribution in [1.29, 1.82) is 0 Å². The lowest BCUT2D eigenvalue weighted by Gasteiger charge is -2.11. The molecule has 2 aromatic carbocycles. The van der Waals surface area contributed by atoms with Gasteiger partial charge in [0.15, 0.2) is 16.1 Å². The summed E-state index contributed by atoms with van der Waals surface area (Å²) in [6.45, 7) is 6.01. The van der Waals surface area contributed by atoms with Crippen molar-refractivity contribution >= 4 is 34.1 Å². The second-order valence-electron chi connectivity index (χ2n) is 6.97. The highest BCUT2D eigenvalue weighted by molar-refractivity contribution is 7.99. The zero-order chi connectivity index (χ0) is 21.1. The van der Waals surface area contributed by atoms with Crippen LogP contribution in [0.4, 0.5) is 5.13 Å². The molecule has 6 nitrogen and oxygen atoms in total. The second kappa shape index (κ2) is 8.81. The van der Waals surface area contributed by atoms with Crippen molar-refractivity contribution in [1.82, 2.24) is 19.7 Å². The van der Waals surface area contributed by atoms with Gasteiger partial charge in [0.2, 0.25) is 5.91 Å². The SMILES string of the molecule is Cc1ccc(-c2nnc(SCC(=O)Nc3nc(C)cs3)n2-c2ccc(C)cc2)cc1. The zero-order valence-corrected chi connectivity index (χ0v) is 18.5. The first-order chi connectivity index (χ1) is 14.5. The molecule has 4 rings (SSSR count). The Morgan fingerprint density at radius 1 is 1.00 bits per heavy atom. The number of aryl methyl sites for hydroxylation is 3. The predicted octanol–water partition coefficient (Wildman–Crippen LogP) is 5.05. The van der Waals surface area contributed by atoms with Gasteiger partial charge in [-0.15, -0.1) is 21.5 Å². The number of rotatable bonds is 6. The molecule has 1 amide bonds. The van der Waals surface area contributed by atoms with Crippen molar-refractivity contribution in [2.24, 2.45) is 0 Å². The minimum Gasteiger partial charge on any atom is -0.301 e. The number of benzene rings is 2. The molecule has 0 unspecified atom stereocenters. The van der Waals surface area contributed by atoms with Crippen LogP contribution >= 0.6 is 23.1 Å².